The van der Waals surface area contributed by atoms with Gasteiger partial charge in [-0.05, 0) is 50.6 Å². The Bertz CT molecular complexity index is 986. The van der Waals surface area contributed by atoms with Crippen LogP contribution in [0.3, 0.4) is 0 Å². The van der Waals surface area contributed by atoms with Gasteiger partial charge in [-0.2, -0.15) is 0 Å². The van der Waals surface area contributed by atoms with E-state index in [2.05, 4.69) is 15.3 Å². The van der Waals surface area contributed by atoms with E-state index in [9.17, 15) is 4.79 Å². The fraction of sp³-hybridized carbons (Fsp3) is 0.211. The number of nitrogens with zero attached hydrogens (tertiary/aromatic N) is 2. The number of anilines is 1. The van der Waals surface area contributed by atoms with Crippen LogP contribution >= 0.6 is 11.6 Å². The van der Waals surface area contributed by atoms with Crippen molar-refractivity contribution in [2.45, 2.75) is 20.8 Å². The molecule has 0 atom stereocenters. The van der Waals surface area contributed by atoms with Crippen molar-refractivity contribution in [3.63, 3.8) is 0 Å². The van der Waals surface area contributed by atoms with Crippen LogP contribution in [0.5, 0.6) is 5.75 Å². The Labute approximate surface area is 151 Å². The van der Waals surface area contributed by atoms with E-state index in [-0.39, 0.29) is 5.91 Å². The molecule has 1 heterocycles. The summed E-state index contributed by atoms with van der Waals surface area (Å²) in [7, 11) is 1.54. The summed E-state index contributed by atoms with van der Waals surface area (Å²) < 4.78 is 5.30. The minimum atomic E-state index is -0.248. The van der Waals surface area contributed by atoms with Gasteiger partial charge in [0.05, 0.1) is 35.2 Å². The number of carbonyl (C=O) groups is 1. The Hall–Kier alpha value is -2.66. The molecule has 128 valence electrons. The van der Waals surface area contributed by atoms with Crippen molar-refractivity contribution in [2.75, 3.05) is 12.4 Å². The van der Waals surface area contributed by atoms with Crippen LogP contribution in [-0.4, -0.2) is 23.0 Å². The Morgan fingerprint density at radius 2 is 1.72 bits per heavy atom. The van der Waals surface area contributed by atoms with Crippen molar-refractivity contribution < 1.29 is 9.53 Å². The van der Waals surface area contributed by atoms with Crippen LogP contribution in [0.2, 0.25) is 5.02 Å². The lowest BCUT2D eigenvalue weighted by atomic mass is 10.1. The van der Waals surface area contributed by atoms with E-state index in [1.165, 1.54) is 7.11 Å². The number of benzene rings is 2. The topological polar surface area (TPSA) is 64.1 Å². The number of carbonyl (C=O) groups excluding carboxylic acids is 1. The van der Waals surface area contributed by atoms with E-state index >= 15 is 0 Å². The molecule has 0 fully saturated rings. The number of hydrogen-bond acceptors (Lipinski definition) is 4. The summed E-state index contributed by atoms with van der Waals surface area (Å²) in [5.74, 6) is 0.262. The van der Waals surface area contributed by atoms with Crippen molar-refractivity contribution in [1.82, 2.24) is 9.97 Å². The van der Waals surface area contributed by atoms with E-state index in [0.29, 0.717) is 27.5 Å². The van der Waals surface area contributed by atoms with Crippen molar-refractivity contribution >= 4 is 34.2 Å². The quantitative estimate of drug-likeness (QED) is 0.752. The van der Waals surface area contributed by atoms with E-state index < -0.39 is 0 Å². The van der Waals surface area contributed by atoms with Crippen LogP contribution in [-0.2, 0) is 0 Å². The van der Waals surface area contributed by atoms with Crippen molar-refractivity contribution in [2.24, 2.45) is 0 Å². The maximum Gasteiger partial charge on any atom is 0.255 e. The minimum absolute atomic E-state index is 0.248. The zero-order chi connectivity index (χ0) is 18.1. The molecule has 0 spiro atoms. The molecular weight excluding hydrogens is 338 g/mol. The number of ether oxygens (including phenoxy) is 1. The number of fused-ring (bicyclic) bond motifs is 1. The van der Waals surface area contributed by atoms with Gasteiger partial charge in [0.15, 0.2) is 0 Å². The maximum atomic E-state index is 12.6. The number of methoxy groups -OCH3 is 1. The number of hydrogen-bond donors (Lipinski definition) is 1. The Morgan fingerprint density at radius 1 is 1.04 bits per heavy atom. The number of aryl methyl sites for hydroxylation is 3. The molecule has 1 N–H and O–H groups in total. The highest BCUT2D eigenvalue weighted by Crippen LogP contribution is 2.31. The van der Waals surface area contributed by atoms with Crippen molar-refractivity contribution in [3.05, 3.63) is 57.9 Å². The molecule has 0 aliphatic carbocycles. The number of rotatable bonds is 3. The van der Waals surface area contributed by atoms with Crippen molar-refractivity contribution in [1.29, 1.82) is 0 Å². The fourth-order valence-corrected chi connectivity index (χ4v) is 2.65. The minimum Gasteiger partial charge on any atom is -0.495 e. The zero-order valence-electron chi connectivity index (χ0n) is 14.5. The first-order chi connectivity index (χ1) is 11.9. The van der Waals surface area contributed by atoms with Gasteiger partial charge in [-0.1, -0.05) is 11.6 Å². The van der Waals surface area contributed by atoms with Gasteiger partial charge < -0.3 is 10.1 Å². The Kier molecular flexibility index (Phi) is 4.59. The number of nitrogens with one attached hydrogen (secondary N) is 1. The van der Waals surface area contributed by atoms with Crippen LogP contribution in [0.15, 0.2) is 30.3 Å². The second-order valence-corrected chi connectivity index (χ2v) is 6.26. The van der Waals surface area contributed by atoms with Gasteiger partial charge in [0.25, 0.3) is 5.91 Å². The molecule has 1 aromatic heterocycles. The monoisotopic (exact) mass is 355 g/mol. The molecule has 25 heavy (non-hydrogen) atoms. The van der Waals surface area contributed by atoms with Crippen LogP contribution < -0.4 is 10.1 Å². The predicted molar refractivity (Wildman–Crippen MR) is 99.7 cm³/mol. The van der Waals surface area contributed by atoms with E-state index in [1.54, 1.807) is 30.3 Å². The lowest BCUT2D eigenvalue weighted by Crippen LogP contribution is -2.13. The molecule has 0 saturated heterocycles. The third kappa shape index (κ3) is 3.42. The van der Waals surface area contributed by atoms with Gasteiger partial charge in [-0.3, -0.25) is 4.79 Å². The van der Waals surface area contributed by atoms with Gasteiger partial charge in [0, 0.05) is 16.7 Å². The molecular formula is C19H18ClN3O2. The highest BCUT2D eigenvalue weighted by atomic mass is 35.5. The summed E-state index contributed by atoms with van der Waals surface area (Å²) in [4.78, 5) is 21.6. The summed E-state index contributed by atoms with van der Waals surface area (Å²) in [6.07, 6.45) is 0. The molecule has 3 aromatic rings. The van der Waals surface area contributed by atoms with E-state index in [0.717, 1.165) is 22.5 Å². The molecule has 1 amide bonds. The molecule has 0 saturated carbocycles. The molecule has 2 aromatic carbocycles. The van der Waals surface area contributed by atoms with Crippen molar-refractivity contribution in [3.8, 4) is 5.75 Å². The van der Waals surface area contributed by atoms with Gasteiger partial charge >= 0.3 is 0 Å². The summed E-state index contributed by atoms with van der Waals surface area (Å²) in [5, 5.41) is 3.45. The predicted octanol–water partition coefficient (Wildman–Crippen LogP) is 4.47. The standard InChI is InChI=1S/C19H18ClN3O2/c1-10-7-17(18(25-4)9-14(10)20)23-19(24)13-5-6-15-16(8-13)22-12(3)11(2)21-15/h5-9H,1-4H3,(H,23,24). The number of halogens is 1. The second-order valence-electron chi connectivity index (χ2n) is 5.85. The Morgan fingerprint density at radius 3 is 2.40 bits per heavy atom. The van der Waals surface area contributed by atoms with Gasteiger partial charge in [-0.25, -0.2) is 9.97 Å². The lowest BCUT2D eigenvalue weighted by Gasteiger charge is -2.12. The summed E-state index contributed by atoms with van der Waals surface area (Å²) in [5.41, 5.74) is 5.11. The SMILES string of the molecule is COc1cc(Cl)c(C)cc1NC(=O)c1ccc2nc(C)c(C)nc2c1. The fourth-order valence-electron chi connectivity index (χ4n) is 2.50. The normalized spacial score (nSPS) is 10.8. The van der Waals surface area contributed by atoms with Crippen LogP contribution in [0.25, 0.3) is 11.0 Å². The zero-order valence-corrected chi connectivity index (χ0v) is 15.2. The van der Waals surface area contributed by atoms with Gasteiger partial charge in [0.2, 0.25) is 0 Å². The average molecular weight is 356 g/mol. The third-order valence-electron chi connectivity index (χ3n) is 4.07. The van der Waals surface area contributed by atoms with E-state index in [4.69, 9.17) is 16.3 Å². The molecule has 3 rings (SSSR count). The third-order valence-corrected chi connectivity index (χ3v) is 4.47. The van der Waals surface area contributed by atoms with E-state index in [1.807, 2.05) is 20.8 Å². The second kappa shape index (κ2) is 6.69. The maximum absolute atomic E-state index is 12.6. The summed E-state index contributed by atoms with van der Waals surface area (Å²) >= 11 is 6.10. The molecule has 0 unspecified atom stereocenters. The average Bonchev–Trinajstić information content (AvgIpc) is 2.58. The lowest BCUT2D eigenvalue weighted by molar-refractivity contribution is 0.102. The largest absolute Gasteiger partial charge is 0.495 e. The van der Waals surface area contributed by atoms with Crippen LogP contribution in [0, 0.1) is 20.8 Å². The summed E-state index contributed by atoms with van der Waals surface area (Å²) in [6, 6.07) is 8.74. The highest BCUT2D eigenvalue weighted by molar-refractivity contribution is 6.31. The van der Waals surface area contributed by atoms with Gasteiger partial charge in [-0.15, -0.1) is 0 Å². The smallest absolute Gasteiger partial charge is 0.255 e. The van der Waals surface area contributed by atoms with Crippen LogP contribution in [0.4, 0.5) is 5.69 Å². The van der Waals surface area contributed by atoms with Gasteiger partial charge in [0.1, 0.15) is 5.75 Å². The summed E-state index contributed by atoms with van der Waals surface area (Å²) in [6.45, 7) is 5.68. The Balaban J connectivity index is 1.95. The molecule has 0 radical (unpaired) electrons. The molecule has 5 nitrogen and oxygen atoms in total. The number of aromatic nitrogens is 2. The molecule has 0 aliphatic rings. The molecule has 6 heteroatoms. The number of amides is 1. The van der Waals surface area contributed by atoms with Crippen LogP contribution in [0.1, 0.15) is 27.3 Å². The highest BCUT2D eigenvalue weighted by Gasteiger charge is 2.13. The first kappa shape index (κ1) is 17.2. The first-order valence-corrected chi connectivity index (χ1v) is 8.17. The first-order valence-electron chi connectivity index (χ1n) is 7.79. The molecule has 0 aliphatic heterocycles. The molecule has 0 bridgehead atoms.